The average Bonchev–Trinajstić information content (AvgIpc) is 3.17. The summed E-state index contributed by atoms with van der Waals surface area (Å²) < 4.78 is 21.9. The lowest BCUT2D eigenvalue weighted by molar-refractivity contribution is 0.230. The first-order chi connectivity index (χ1) is 12.3. The minimum absolute atomic E-state index is 0.0199. The summed E-state index contributed by atoms with van der Waals surface area (Å²) >= 11 is 0. The van der Waals surface area contributed by atoms with E-state index in [2.05, 4.69) is 10.1 Å². The molecule has 25 heavy (non-hydrogen) atoms. The van der Waals surface area contributed by atoms with E-state index in [1.54, 1.807) is 14.2 Å². The standard InChI is InChI=1S/C19H18N2O4/c1-22-15-5-3-4-12(9-15)18-20-19(25-21-18)14-8-13-10-16(23-2)6-7-17(13)24-11-14/h3-7,9-10,14H,8,11H2,1-2H3/t14-/m1/s1. The second-order valence-corrected chi connectivity index (χ2v) is 5.87. The summed E-state index contributed by atoms with van der Waals surface area (Å²) in [5.74, 6) is 3.59. The highest BCUT2D eigenvalue weighted by Crippen LogP contribution is 2.34. The molecule has 6 heteroatoms. The van der Waals surface area contributed by atoms with Gasteiger partial charge in [-0.1, -0.05) is 17.3 Å². The molecule has 1 aromatic heterocycles. The molecule has 0 aliphatic carbocycles. The van der Waals surface area contributed by atoms with Crippen LogP contribution in [0.3, 0.4) is 0 Å². The van der Waals surface area contributed by atoms with E-state index in [4.69, 9.17) is 18.7 Å². The SMILES string of the molecule is COc1cccc(-c2noc([C@H]3COc4ccc(OC)cc4C3)n2)c1. The first-order valence-corrected chi connectivity index (χ1v) is 8.04. The molecule has 2 heterocycles. The third-order valence-corrected chi connectivity index (χ3v) is 4.29. The molecule has 0 unspecified atom stereocenters. The van der Waals surface area contributed by atoms with Gasteiger partial charge >= 0.3 is 0 Å². The van der Waals surface area contributed by atoms with Crippen LogP contribution < -0.4 is 14.2 Å². The second-order valence-electron chi connectivity index (χ2n) is 5.87. The first kappa shape index (κ1) is 15.5. The van der Waals surface area contributed by atoms with E-state index in [0.717, 1.165) is 34.8 Å². The molecule has 4 rings (SSSR count). The van der Waals surface area contributed by atoms with E-state index in [1.807, 2.05) is 42.5 Å². The van der Waals surface area contributed by atoms with Crippen LogP contribution in [0.25, 0.3) is 11.4 Å². The fraction of sp³-hybridized carbons (Fsp3) is 0.263. The number of fused-ring (bicyclic) bond motifs is 1. The molecule has 3 aromatic rings. The van der Waals surface area contributed by atoms with Gasteiger partial charge in [-0.05, 0) is 42.3 Å². The summed E-state index contributed by atoms with van der Waals surface area (Å²) in [6.07, 6.45) is 0.770. The van der Waals surface area contributed by atoms with Gasteiger partial charge in [-0.25, -0.2) is 0 Å². The Morgan fingerprint density at radius 1 is 1.04 bits per heavy atom. The molecule has 1 aliphatic heterocycles. The number of hydrogen-bond donors (Lipinski definition) is 0. The Balaban J connectivity index is 1.58. The lowest BCUT2D eigenvalue weighted by Gasteiger charge is -2.23. The van der Waals surface area contributed by atoms with Gasteiger partial charge in [0.2, 0.25) is 11.7 Å². The fourth-order valence-electron chi connectivity index (χ4n) is 2.94. The first-order valence-electron chi connectivity index (χ1n) is 8.04. The third-order valence-electron chi connectivity index (χ3n) is 4.29. The maximum Gasteiger partial charge on any atom is 0.233 e. The lowest BCUT2D eigenvalue weighted by Crippen LogP contribution is -2.19. The molecule has 128 valence electrons. The fourth-order valence-corrected chi connectivity index (χ4v) is 2.94. The van der Waals surface area contributed by atoms with Crippen LogP contribution in [-0.2, 0) is 6.42 Å². The number of nitrogens with zero attached hydrogens (tertiary/aromatic N) is 2. The molecular weight excluding hydrogens is 320 g/mol. The van der Waals surface area contributed by atoms with Crippen molar-refractivity contribution >= 4 is 0 Å². The van der Waals surface area contributed by atoms with E-state index >= 15 is 0 Å². The van der Waals surface area contributed by atoms with Crippen LogP contribution in [-0.4, -0.2) is 31.0 Å². The van der Waals surface area contributed by atoms with Crippen LogP contribution in [0.4, 0.5) is 0 Å². The van der Waals surface area contributed by atoms with Crippen LogP contribution in [0, 0.1) is 0 Å². The van der Waals surface area contributed by atoms with Gasteiger partial charge in [0, 0.05) is 5.56 Å². The van der Waals surface area contributed by atoms with Gasteiger partial charge in [-0.15, -0.1) is 0 Å². The number of benzene rings is 2. The van der Waals surface area contributed by atoms with Crippen LogP contribution in [0.5, 0.6) is 17.2 Å². The van der Waals surface area contributed by atoms with E-state index in [1.165, 1.54) is 0 Å². The zero-order valence-electron chi connectivity index (χ0n) is 14.1. The Morgan fingerprint density at radius 2 is 1.88 bits per heavy atom. The Hall–Kier alpha value is -3.02. The Kier molecular flexibility index (Phi) is 4.01. The zero-order valence-corrected chi connectivity index (χ0v) is 14.1. The van der Waals surface area contributed by atoms with Crippen molar-refractivity contribution in [1.29, 1.82) is 0 Å². The highest BCUT2D eigenvalue weighted by atomic mass is 16.5. The molecule has 2 aromatic carbocycles. The summed E-state index contributed by atoms with van der Waals surface area (Å²) in [6, 6.07) is 13.4. The van der Waals surface area contributed by atoms with E-state index in [0.29, 0.717) is 18.3 Å². The van der Waals surface area contributed by atoms with Crippen LogP contribution in [0.15, 0.2) is 47.0 Å². The molecule has 0 radical (unpaired) electrons. The van der Waals surface area contributed by atoms with Crippen LogP contribution >= 0.6 is 0 Å². The van der Waals surface area contributed by atoms with Crippen molar-refractivity contribution in [2.45, 2.75) is 12.3 Å². The normalized spacial score (nSPS) is 16.0. The largest absolute Gasteiger partial charge is 0.497 e. The topological polar surface area (TPSA) is 66.6 Å². The third kappa shape index (κ3) is 3.03. The summed E-state index contributed by atoms with van der Waals surface area (Å²) in [7, 11) is 3.28. The zero-order chi connectivity index (χ0) is 17.2. The molecule has 1 atom stereocenters. The van der Waals surface area contributed by atoms with Gasteiger partial charge < -0.3 is 18.7 Å². The number of aromatic nitrogens is 2. The predicted octanol–water partition coefficient (Wildman–Crippen LogP) is 3.47. The van der Waals surface area contributed by atoms with E-state index in [-0.39, 0.29) is 5.92 Å². The highest BCUT2D eigenvalue weighted by Gasteiger charge is 2.27. The molecule has 6 nitrogen and oxygen atoms in total. The van der Waals surface area contributed by atoms with Crippen molar-refractivity contribution in [1.82, 2.24) is 10.1 Å². The van der Waals surface area contributed by atoms with Crippen LogP contribution in [0.2, 0.25) is 0 Å². The smallest absolute Gasteiger partial charge is 0.233 e. The molecule has 1 aliphatic rings. The van der Waals surface area contributed by atoms with Crippen molar-refractivity contribution in [2.24, 2.45) is 0 Å². The predicted molar refractivity (Wildman–Crippen MR) is 91.2 cm³/mol. The molecule has 0 saturated carbocycles. The van der Waals surface area contributed by atoms with Crippen molar-refractivity contribution in [2.75, 3.05) is 20.8 Å². The quantitative estimate of drug-likeness (QED) is 0.726. The van der Waals surface area contributed by atoms with Gasteiger partial charge in [0.1, 0.15) is 23.9 Å². The summed E-state index contributed by atoms with van der Waals surface area (Å²) in [4.78, 5) is 4.55. The minimum Gasteiger partial charge on any atom is -0.497 e. The molecule has 0 saturated heterocycles. The maximum atomic E-state index is 5.84. The monoisotopic (exact) mass is 338 g/mol. The molecular formula is C19H18N2O4. The number of hydrogen-bond acceptors (Lipinski definition) is 6. The van der Waals surface area contributed by atoms with Crippen molar-refractivity contribution in [3.8, 4) is 28.6 Å². The van der Waals surface area contributed by atoms with Crippen molar-refractivity contribution in [3.63, 3.8) is 0 Å². The van der Waals surface area contributed by atoms with Gasteiger partial charge in [0.15, 0.2) is 0 Å². The maximum absolute atomic E-state index is 5.84. The summed E-state index contributed by atoms with van der Waals surface area (Å²) in [6.45, 7) is 0.513. The second kappa shape index (κ2) is 6.47. The molecule has 0 amide bonds. The molecule has 0 spiro atoms. The Labute approximate surface area is 145 Å². The number of ether oxygens (including phenoxy) is 3. The Bertz CT molecular complexity index is 891. The molecule has 0 fully saturated rings. The van der Waals surface area contributed by atoms with E-state index < -0.39 is 0 Å². The minimum atomic E-state index is 0.0199. The highest BCUT2D eigenvalue weighted by molar-refractivity contribution is 5.57. The van der Waals surface area contributed by atoms with Crippen molar-refractivity contribution < 1.29 is 18.7 Å². The number of rotatable bonds is 4. The van der Waals surface area contributed by atoms with Gasteiger partial charge in [-0.2, -0.15) is 4.98 Å². The molecule has 0 bridgehead atoms. The summed E-state index contributed by atoms with van der Waals surface area (Å²) in [5.41, 5.74) is 1.94. The molecule has 0 N–H and O–H groups in total. The average molecular weight is 338 g/mol. The van der Waals surface area contributed by atoms with Gasteiger partial charge in [0.05, 0.1) is 20.1 Å². The Morgan fingerprint density at radius 3 is 2.72 bits per heavy atom. The lowest BCUT2D eigenvalue weighted by atomic mass is 9.96. The number of methoxy groups -OCH3 is 2. The van der Waals surface area contributed by atoms with Crippen LogP contribution in [0.1, 0.15) is 17.4 Å². The van der Waals surface area contributed by atoms with E-state index in [9.17, 15) is 0 Å². The van der Waals surface area contributed by atoms with Gasteiger partial charge in [-0.3, -0.25) is 0 Å². The summed E-state index contributed by atoms with van der Waals surface area (Å²) in [5, 5.41) is 4.10. The van der Waals surface area contributed by atoms with Crippen molar-refractivity contribution in [3.05, 3.63) is 53.9 Å². The van der Waals surface area contributed by atoms with Gasteiger partial charge in [0.25, 0.3) is 0 Å².